The highest BCUT2D eigenvalue weighted by Gasteiger charge is 2.35. The molecule has 1 aliphatic heterocycles. The Balaban J connectivity index is 0.00000196. The molecule has 3 atom stereocenters. The van der Waals surface area contributed by atoms with Crippen molar-refractivity contribution in [2.24, 2.45) is 11.7 Å². The molecule has 1 saturated heterocycles. The first-order valence-corrected chi connectivity index (χ1v) is 9.21. The van der Waals surface area contributed by atoms with Gasteiger partial charge in [-0.25, -0.2) is 8.78 Å². The van der Waals surface area contributed by atoms with Gasteiger partial charge in [-0.2, -0.15) is 0 Å². The largest absolute Gasteiger partial charge is 0.380 e. The van der Waals surface area contributed by atoms with Crippen LogP contribution in [0.15, 0.2) is 18.2 Å². The highest BCUT2D eigenvalue weighted by atomic mass is 35.5. The van der Waals surface area contributed by atoms with Crippen molar-refractivity contribution >= 4 is 30.7 Å². The van der Waals surface area contributed by atoms with Crippen molar-refractivity contribution in [2.45, 2.75) is 38.0 Å². The van der Waals surface area contributed by atoms with Gasteiger partial charge in [-0.3, -0.25) is 9.69 Å². The molecule has 0 aromatic heterocycles. The minimum Gasteiger partial charge on any atom is -0.380 e. The quantitative estimate of drug-likeness (QED) is 0.782. The van der Waals surface area contributed by atoms with Gasteiger partial charge in [0.05, 0.1) is 6.10 Å². The summed E-state index contributed by atoms with van der Waals surface area (Å²) in [6.45, 7) is 3.32. The zero-order chi connectivity index (χ0) is 18.7. The third-order valence-electron chi connectivity index (χ3n) is 5.57. The number of ether oxygens (including phenoxy) is 1. The van der Waals surface area contributed by atoms with E-state index in [1.165, 1.54) is 6.07 Å². The van der Waals surface area contributed by atoms with Crippen molar-refractivity contribution in [3.05, 3.63) is 35.4 Å². The molecule has 2 N–H and O–H groups in total. The van der Waals surface area contributed by atoms with Crippen LogP contribution in [-0.2, 0) is 16.1 Å². The molecule has 0 radical (unpaired) electrons. The molecular weight excluding hydrogens is 411 g/mol. The lowest BCUT2D eigenvalue weighted by molar-refractivity contribution is -0.140. The average molecular weight is 440 g/mol. The van der Waals surface area contributed by atoms with Crippen molar-refractivity contribution in [3.8, 4) is 0 Å². The number of halogens is 4. The maximum absolute atomic E-state index is 13.3. The van der Waals surface area contributed by atoms with Crippen LogP contribution in [0, 0.1) is 17.6 Å². The lowest BCUT2D eigenvalue weighted by Gasteiger charge is -2.39. The number of methoxy groups -OCH3 is 1. The molecule has 1 aromatic rings. The topological polar surface area (TPSA) is 58.8 Å². The number of hydrogen-bond donors (Lipinski definition) is 1. The number of carbonyl (C=O) groups excluding carboxylic acids is 1. The van der Waals surface area contributed by atoms with Crippen LogP contribution in [0.3, 0.4) is 0 Å². The fourth-order valence-corrected chi connectivity index (χ4v) is 3.93. The summed E-state index contributed by atoms with van der Waals surface area (Å²) in [7, 11) is 1.65. The van der Waals surface area contributed by atoms with Gasteiger partial charge in [0.1, 0.15) is 0 Å². The Bertz CT molecular complexity index is 646. The van der Waals surface area contributed by atoms with Gasteiger partial charge in [-0.15, -0.1) is 24.8 Å². The third kappa shape index (κ3) is 6.00. The van der Waals surface area contributed by atoms with Gasteiger partial charge in [0, 0.05) is 51.8 Å². The van der Waals surface area contributed by atoms with Gasteiger partial charge in [0.2, 0.25) is 5.91 Å². The molecule has 2 aliphatic rings. The molecule has 1 saturated carbocycles. The van der Waals surface area contributed by atoms with Crippen molar-refractivity contribution < 1.29 is 18.3 Å². The first kappa shape index (κ1) is 25.0. The second-order valence-electron chi connectivity index (χ2n) is 7.30. The smallest absolute Gasteiger partial charge is 0.225 e. The molecule has 28 heavy (non-hydrogen) atoms. The highest BCUT2D eigenvalue weighted by molar-refractivity contribution is 5.85. The molecule has 0 unspecified atom stereocenters. The van der Waals surface area contributed by atoms with E-state index in [-0.39, 0.29) is 48.8 Å². The SMILES string of the molecule is CO[C@@H]1C[C@@H](C(=O)N2CCN(Cc3ccc(F)c(F)c3)CC2)CC[C@H]1N.Cl.Cl. The van der Waals surface area contributed by atoms with Gasteiger partial charge in [0.25, 0.3) is 0 Å². The van der Waals surface area contributed by atoms with Crippen LogP contribution < -0.4 is 5.73 Å². The number of piperazine rings is 1. The van der Waals surface area contributed by atoms with E-state index < -0.39 is 11.6 Å². The van der Waals surface area contributed by atoms with Gasteiger partial charge in [0.15, 0.2) is 11.6 Å². The molecule has 1 heterocycles. The number of benzene rings is 1. The fourth-order valence-electron chi connectivity index (χ4n) is 3.93. The summed E-state index contributed by atoms with van der Waals surface area (Å²) in [6, 6.07) is 4.01. The van der Waals surface area contributed by atoms with Crippen LogP contribution in [0.25, 0.3) is 0 Å². The van der Waals surface area contributed by atoms with Crippen molar-refractivity contribution in [3.63, 3.8) is 0 Å². The summed E-state index contributed by atoms with van der Waals surface area (Å²) in [4.78, 5) is 16.9. The molecule has 2 fully saturated rings. The minimum atomic E-state index is -0.828. The van der Waals surface area contributed by atoms with Crippen molar-refractivity contribution in [1.82, 2.24) is 9.80 Å². The summed E-state index contributed by atoms with van der Waals surface area (Å²) in [5.41, 5.74) is 6.78. The maximum atomic E-state index is 13.3. The molecule has 0 spiro atoms. The van der Waals surface area contributed by atoms with Gasteiger partial charge < -0.3 is 15.4 Å². The van der Waals surface area contributed by atoms with Crippen molar-refractivity contribution in [1.29, 1.82) is 0 Å². The van der Waals surface area contributed by atoms with Crippen LogP contribution in [-0.4, -0.2) is 61.1 Å². The predicted molar refractivity (Wildman–Crippen MR) is 109 cm³/mol. The molecule has 3 rings (SSSR count). The van der Waals surface area contributed by atoms with E-state index in [1.807, 2.05) is 4.90 Å². The Kier molecular flexibility index (Phi) is 10.1. The Morgan fingerprint density at radius 2 is 1.82 bits per heavy atom. The minimum absolute atomic E-state index is 0. The van der Waals surface area contributed by atoms with E-state index in [2.05, 4.69) is 4.90 Å². The standard InChI is InChI=1S/C19H27F2N3O2.2ClH/c1-26-18-11-14(3-5-17(18)22)19(25)24-8-6-23(7-9-24)12-13-2-4-15(20)16(21)10-13;;/h2,4,10,14,17-18H,3,5-9,11-12,22H2,1H3;2*1H/t14-,17+,18+;;/m0../s1. The Morgan fingerprint density at radius 3 is 2.43 bits per heavy atom. The van der Waals surface area contributed by atoms with Gasteiger partial charge >= 0.3 is 0 Å². The molecule has 0 bridgehead atoms. The summed E-state index contributed by atoms with van der Waals surface area (Å²) in [5.74, 6) is -1.48. The Morgan fingerprint density at radius 1 is 1.14 bits per heavy atom. The summed E-state index contributed by atoms with van der Waals surface area (Å²) in [6.07, 6.45) is 2.26. The molecule has 1 aromatic carbocycles. The number of nitrogens with two attached hydrogens (primary N) is 1. The third-order valence-corrected chi connectivity index (χ3v) is 5.57. The van der Waals surface area contributed by atoms with E-state index in [9.17, 15) is 13.6 Å². The van der Waals surface area contributed by atoms with Crippen LogP contribution in [0.4, 0.5) is 8.78 Å². The molecule has 5 nitrogen and oxygen atoms in total. The van der Waals surface area contributed by atoms with Crippen LogP contribution >= 0.6 is 24.8 Å². The van der Waals surface area contributed by atoms with E-state index in [4.69, 9.17) is 10.5 Å². The zero-order valence-electron chi connectivity index (χ0n) is 16.0. The zero-order valence-corrected chi connectivity index (χ0v) is 17.6. The first-order chi connectivity index (χ1) is 12.5. The summed E-state index contributed by atoms with van der Waals surface area (Å²) >= 11 is 0. The number of rotatable bonds is 4. The predicted octanol–water partition coefficient (Wildman–Crippen LogP) is 2.60. The average Bonchev–Trinajstić information content (AvgIpc) is 2.65. The second kappa shape index (κ2) is 11.3. The highest BCUT2D eigenvalue weighted by Crippen LogP contribution is 2.27. The molecule has 9 heteroatoms. The lowest BCUT2D eigenvalue weighted by atomic mass is 9.83. The van der Waals surface area contributed by atoms with Crippen LogP contribution in [0.1, 0.15) is 24.8 Å². The second-order valence-corrected chi connectivity index (χ2v) is 7.30. The number of carbonyl (C=O) groups is 1. The van der Waals surface area contributed by atoms with Crippen LogP contribution in [0.2, 0.25) is 0 Å². The number of hydrogen-bond acceptors (Lipinski definition) is 4. The normalized spacial score (nSPS) is 25.6. The van der Waals surface area contributed by atoms with E-state index >= 15 is 0 Å². The fraction of sp³-hybridized carbons (Fsp3) is 0.632. The molecule has 1 amide bonds. The van der Waals surface area contributed by atoms with Crippen molar-refractivity contribution in [2.75, 3.05) is 33.3 Å². The Hall–Kier alpha value is -0.990. The van der Waals surface area contributed by atoms with E-state index in [1.54, 1.807) is 13.2 Å². The number of nitrogens with zero attached hydrogens (tertiary/aromatic N) is 2. The summed E-state index contributed by atoms with van der Waals surface area (Å²) in [5, 5.41) is 0. The summed E-state index contributed by atoms with van der Waals surface area (Å²) < 4.78 is 31.8. The van der Waals surface area contributed by atoms with E-state index in [0.717, 1.165) is 37.6 Å². The number of amides is 1. The molecular formula is C19H29Cl2F2N3O2. The van der Waals surface area contributed by atoms with Gasteiger partial charge in [-0.05, 0) is 37.0 Å². The van der Waals surface area contributed by atoms with Gasteiger partial charge in [-0.1, -0.05) is 6.07 Å². The van der Waals surface area contributed by atoms with E-state index in [0.29, 0.717) is 26.1 Å². The Labute approximate surface area is 177 Å². The monoisotopic (exact) mass is 439 g/mol. The maximum Gasteiger partial charge on any atom is 0.225 e. The van der Waals surface area contributed by atoms with Crippen LogP contribution in [0.5, 0.6) is 0 Å². The molecule has 1 aliphatic carbocycles. The lowest BCUT2D eigenvalue weighted by Crippen LogP contribution is -2.52. The molecule has 160 valence electrons. The first-order valence-electron chi connectivity index (χ1n) is 9.21.